The summed E-state index contributed by atoms with van der Waals surface area (Å²) >= 11 is 0. The van der Waals surface area contributed by atoms with Crippen molar-refractivity contribution in [2.75, 3.05) is 0 Å². The Bertz CT molecular complexity index is 1100. The molecule has 0 spiro atoms. The van der Waals surface area contributed by atoms with Crippen LogP contribution in [0.1, 0.15) is 75.1 Å². The number of carbonyl (C=O) groups excluding carboxylic acids is 2. The van der Waals surface area contributed by atoms with Crippen molar-refractivity contribution in [1.82, 2.24) is 0 Å². The van der Waals surface area contributed by atoms with Gasteiger partial charge in [0.15, 0.2) is 0 Å². The molecular formula is C28H32N2NiO2. The second-order valence-electron chi connectivity index (χ2n) is 8.54. The van der Waals surface area contributed by atoms with E-state index in [0.29, 0.717) is 25.7 Å². The molecule has 0 amide bonds. The number of hydrogen-bond donors (Lipinski definition) is 0. The van der Waals surface area contributed by atoms with E-state index in [9.17, 15) is 15.1 Å². The SMILES string of the molecule is CCCCC1=C(c2ccccc2CCC(C)=O)[N+](=[N-])C(c2ccccc2CCC(C)=O)=C1.[Ni]. The van der Waals surface area contributed by atoms with Crippen molar-refractivity contribution in [3.8, 4) is 0 Å². The molecule has 3 rings (SSSR count). The molecule has 0 bridgehead atoms. The Morgan fingerprint density at radius 3 is 1.88 bits per heavy atom. The van der Waals surface area contributed by atoms with Crippen LogP contribution in [0.5, 0.6) is 0 Å². The van der Waals surface area contributed by atoms with Crippen LogP contribution in [0, 0.1) is 0 Å². The van der Waals surface area contributed by atoms with E-state index in [-0.39, 0.29) is 28.1 Å². The normalized spacial score (nSPS) is 13.1. The van der Waals surface area contributed by atoms with Gasteiger partial charge in [-0.15, -0.1) is 0 Å². The maximum atomic E-state index is 11.6. The van der Waals surface area contributed by atoms with Crippen LogP contribution in [0.2, 0.25) is 0 Å². The molecule has 1 aliphatic rings. The summed E-state index contributed by atoms with van der Waals surface area (Å²) in [7, 11) is 0. The zero-order chi connectivity index (χ0) is 23.1. The summed E-state index contributed by atoms with van der Waals surface area (Å²) in [6.07, 6.45) is 7.29. The molecule has 1 heterocycles. The van der Waals surface area contributed by atoms with Gasteiger partial charge in [-0.1, -0.05) is 49.7 Å². The number of ketones is 2. The van der Waals surface area contributed by atoms with E-state index >= 15 is 0 Å². The smallest absolute Gasteiger partial charge is 0.211 e. The Hall–Kier alpha value is -2.65. The van der Waals surface area contributed by atoms with Crippen LogP contribution in [0.4, 0.5) is 0 Å². The molecule has 0 aromatic heterocycles. The minimum Gasteiger partial charge on any atom is -0.493 e. The molecule has 0 N–H and O–H groups in total. The molecule has 33 heavy (non-hydrogen) atoms. The van der Waals surface area contributed by atoms with Crippen molar-refractivity contribution < 1.29 is 30.8 Å². The number of unbranched alkanes of at least 4 members (excludes halogenated alkanes) is 1. The first-order valence-electron chi connectivity index (χ1n) is 11.5. The zero-order valence-corrected chi connectivity index (χ0v) is 20.7. The first-order valence-corrected chi connectivity index (χ1v) is 11.5. The fraction of sp³-hybridized carbons (Fsp3) is 0.357. The van der Waals surface area contributed by atoms with Gasteiger partial charge in [-0.3, -0.25) is 0 Å². The number of carbonyl (C=O) groups is 2. The molecule has 4 nitrogen and oxygen atoms in total. The van der Waals surface area contributed by atoms with E-state index in [1.54, 1.807) is 13.8 Å². The predicted octanol–water partition coefficient (Wildman–Crippen LogP) is 6.72. The monoisotopic (exact) mass is 486 g/mol. The third-order valence-corrected chi connectivity index (χ3v) is 5.91. The minimum absolute atomic E-state index is 0. The number of nitrogens with zero attached hydrogens (tertiary/aromatic N) is 2. The van der Waals surface area contributed by atoms with Crippen LogP contribution in [0.15, 0.2) is 60.2 Å². The summed E-state index contributed by atoms with van der Waals surface area (Å²) in [6, 6.07) is 16.0. The predicted molar refractivity (Wildman–Crippen MR) is 129 cm³/mol. The Labute approximate surface area is 207 Å². The van der Waals surface area contributed by atoms with Crippen molar-refractivity contribution in [2.24, 2.45) is 0 Å². The Balaban J connectivity index is 0.00000385. The second kappa shape index (κ2) is 12.6. The summed E-state index contributed by atoms with van der Waals surface area (Å²) in [5, 5.41) is 0. The maximum Gasteiger partial charge on any atom is 0.211 e. The van der Waals surface area contributed by atoms with E-state index < -0.39 is 0 Å². The fourth-order valence-electron chi connectivity index (χ4n) is 4.17. The van der Waals surface area contributed by atoms with Gasteiger partial charge in [0.2, 0.25) is 11.4 Å². The quantitative estimate of drug-likeness (QED) is 0.261. The maximum absolute atomic E-state index is 11.6. The van der Waals surface area contributed by atoms with Crippen molar-refractivity contribution in [3.63, 3.8) is 0 Å². The van der Waals surface area contributed by atoms with Crippen molar-refractivity contribution in [3.05, 3.63) is 88.0 Å². The standard InChI is InChI=1S/C28H32N2O2.Ni/c1-4-5-10-24-19-27(25-13-8-6-11-22(25)17-15-20(2)31)30(29)28(24)26-14-9-7-12-23(26)18-16-21(3)32;/h6-9,11-14,19H,4-5,10,15-18H2,1-3H3;. The number of Topliss-reactive ketones (excluding diaryl/α,β-unsaturated/α-hetero) is 2. The number of aryl methyl sites for hydroxylation is 2. The van der Waals surface area contributed by atoms with E-state index in [2.05, 4.69) is 13.0 Å². The summed E-state index contributed by atoms with van der Waals surface area (Å²) in [4.78, 5) is 23.2. The van der Waals surface area contributed by atoms with Gasteiger partial charge in [-0.05, 0) is 62.8 Å². The van der Waals surface area contributed by atoms with Crippen LogP contribution in [0.3, 0.4) is 0 Å². The molecule has 5 heteroatoms. The zero-order valence-electron chi connectivity index (χ0n) is 19.7. The van der Waals surface area contributed by atoms with E-state index in [4.69, 9.17) is 0 Å². The third-order valence-electron chi connectivity index (χ3n) is 5.91. The largest absolute Gasteiger partial charge is 0.493 e. The molecule has 0 unspecified atom stereocenters. The Kier molecular flexibility index (Phi) is 10.1. The van der Waals surface area contributed by atoms with Gasteiger partial charge in [0.25, 0.3) is 0 Å². The van der Waals surface area contributed by atoms with Crippen molar-refractivity contribution in [2.45, 2.75) is 65.7 Å². The molecule has 0 fully saturated rings. The molecule has 0 radical (unpaired) electrons. The Morgan fingerprint density at radius 1 is 0.818 bits per heavy atom. The van der Waals surface area contributed by atoms with E-state index in [0.717, 1.165) is 58.5 Å². The van der Waals surface area contributed by atoms with Gasteiger partial charge in [0.1, 0.15) is 11.6 Å². The minimum atomic E-state index is 0. The molecule has 2 aromatic carbocycles. The van der Waals surface area contributed by atoms with E-state index in [1.165, 1.54) is 4.70 Å². The van der Waals surface area contributed by atoms with Crippen LogP contribution in [0.25, 0.3) is 16.9 Å². The number of benzene rings is 2. The molecule has 176 valence electrons. The average Bonchev–Trinajstić information content (AvgIpc) is 3.10. The van der Waals surface area contributed by atoms with Gasteiger partial charge in [0.05, 0.1) is 0 Å². The number of rotatable bonds is 11. The van der Waals surface area contributed by atoms with Crippen molar-refractivity contribution >= 4 is 23.0 Å². The van der Waals surface area contributed by atoms with Crippen molar-refractivity contribution in [1.29, 1.82) is 0 Å². The second-order valence-corrected chi connectivity index (χ2v) is 8.54. The molecular weight excluding hydrogens is 455 g/mol. The van der Waals surface area contributed by atoms with Crippen LogP contribution >= 0.6 is 0 Å². The Morgan fingerprint density at radius 2 is 1.33 bits per heavy atom. The fourth-order valence-corrected chi connectivity index (χ4v) is 4.17. The molecule has 0 aliphatic carbocycles. The molecule has 0 saturated heterocycles. The molecule has 0 saturated carbocycles. The number of hydrogen-bond acceptors (Lipinski definition) is 2. The molecule has 1 aliphatic heterocycles. The number of allylic oxidation sites excluding steroid dienone is 2. The van der Waals surface area contributed by atoms with E-state index in [1.807, 2.05) is 48.5 Å². The van der Waals surface area contributed by atoms with Gasteiger partial charge >= 0.3 is 0 Å². The van der Waals surface area contributed by atoms with Crippen LogP contribution < -0.4 is 0 Å². The topological polar surface area (TPSA) is 59.4 Å². The summed E-state index contributed by atoms with van der Waals surface area (Å²) in [5.41, 5.74) is 18.1. The third kappa shape index (κ3) is 6.68. The van der Waals surface area contributed by atoms with Gasteiger partial charge < -0.3 is 15.1 Å². The molecule has 2 aromatic rings. The molecule has 0 atom stereocenters. The summed E-state index contributed by atoms with van der Waals surface area (Å²) < 4.78 is 1.31. The first kappa shape index (κ1) is 26.6. The van der Waals surface area contributed by atoms with Gasteiger partial charge in [-0.25, -0.2) is 4.70 Å². The van der Waals surface area contributed by atoms with Gasteiger partial charge in [0, 0.05) is 52.1 Å². The van der Waals surface area contributed by atoms with Crippen LogP contribution in [-0.4, -0.2) is 16.3 Å². The first-order chi connectivity index (χ1) is 15.4. The average molecular weight is 487 g/mol. The summed E-state index contributed by atoms with van der Waals surface area (Å²) in [5.74, 6) is 0.313. The van der Waals surface area contributed by atoms with Gasteiger partial charge in [-0.2, -0.15) is 0 Å². The summed E-state index contributed by atoms with van der Waals surface area (Å²) in [6.45, 7) is 5.38. The van der Waals surface area contributed by atoms with Crippen LogP contribution in [-0.2, 0) is 38.9 Å².